The Morgan fingerprint density at radius 2 is 2.04 bits per heavy atom. The van der Waals surface area contributed by atoms with E-state index < -0.39 is 5.60 Å². The molecule has 0 spiro atoms. The third kappa shape index (κ3) is 3.87. The molecule has 0 unspecified atom stereocenters. The molecule has 2 aliphatic carbocycles. The molecule has 2 fully saturated rings. The molecule has 4 heteroatoms. The summed E-state index contributed by atoms with van der Waals surface area (Å²) in [6.07, 6.45) is 6.79. The number of carbonyl (C=O) groups is 1. The monoisotopic (exact) mass is 364 g/mol. The summed E-state index contributed by atoms with van der Waals surface area (Å²) in [6, 6.07) is 0. The smallest absolute Gasteiger partial charge is 0.302 e. The highest BCUT2D eigenvalue weighted by Gasteiger charge is 2.58. The highest BCUT2D eigenvalue weighted by atomic mass is 16.6. The standard InChI is InChI=1S/C22H36O4/c1-13(2)16-9-10-21(5,24)20-17(16)11-14(3)7-8-19-22(6,26-19)12-18(20)25-15(4)23/h11,13,16-20,24H,7-10,12H2,1-6H3/b14-11-/t16-,17-,18-,19+,20+,21-,22+/m1/s1. The van der Waals surface area contributed by atoms with Gasteiger partial charge in [0.25, 0.3) is 0 Å². The number of carbonyl (C=O) groups excluding carboxylic acids is 1. The highest BCUT2D eigenvalue weighted by molar-refractivity contribution is 5.66. The number of epoxide rings is 1. The van der Waals surface area contributed by atoms with E-state index >= 15 is 0 Å². The fourth-order valence-electron chi connectivity index (χ4n) is 5.61. The summed E-state index contributed by atoms with van der Waals surface area (Å²) in [5.74, 6) is 0.888. The summed E-state index contributed by atoms with van der Waals surface area (Å²) in [7, 11) is 0. The minimum Gasteiger partial charge on any atom is -0.462 e. The number of esters is 1. The number of rotatable bonds is 2. The minimum absolute atomic E-state index is 0.0951. The summed E-state index contributed by atoms with van der Waals surface area (Å²) < 4.78 is 11.9. The second-order valence-electron chi connectivity index (χ2n) is 9.73. The molecule has 0 bridgehead atoms. The van der Waals surface area contributed by atoms with Crippen LogP contribution in [-0.4, -0.2) is 34.5 Å². The zero-order valence-corrected chi connectivity index (χ0v) is 17.2. The van der Waals surface area contributed by atoms with Crippen LogP contribution < -0.4 is 0 Å². The van der Waals surface area contributed by atoms with E-state index in [0.717, 1.165) is 25.7 Å². The maximum absolute atomic E-state index is 11.9. The molecule has 0 aromatic carbocycles. The van der Waals surface area contributed by atoms with Crippen LogP contribution in [0.15, 0.2) is 11.6 Å². The fourth-order valence-corrected chi connectivity index (χ4v) is 5.61. The predicted molar refractivity (Wildman–Crippen MR) is 102 cm³/mol. The predicted octanol–water partition coefficient (Wildman–Crippen LogP) is 4.26. The molecule has 1 heterocycles. The van der Waals surface area contributed by atoms with E-state index in [9.17, 15) is 9.90 Å². The van der Waals surface area contributed by atoms with Crippen molar-refractivity contribution in [3.05, 3.63) is 11.6 Å². The summed E-state index contributed by atoms with van der Waals surface area (Å²) in [5, 5.41) is 11.3. The van der Waals surface area contributed by atoms with Crippen LogP contribution in [0.2, 0.25) is 0 Å². The fraction of sp³-hybridized carbons (Fsp3) is 0.864. The molecular weight excluding hydrogens is 328 g/mol. The number of ether oxygens (including phenoxy) is 2. The van der Waals surface area contributed by atoms with Crippen LogP contribution in [0.25, 0.3) is 0 Å². The second kappa shape index (κ2) is 6.94. The maximum Gasteiger partial charge on any atom is 0.302 e. The van der Waals surface area contributed by atoms with Crippen LogP contribution >= 0.6 is 0 Å². The Balaban J connectivity index is 2.05. The van der Waals surface area contributed by atoms with Crippen molar-refractivity contribution in [1.82, 2.24) is 0 Å². The zero-order valence-electron chi connectivity index (χ0n) is 17.2. The van der Waals surface area contributed by atoms with Crippen LogP contribution in [0.1, 0.15) is 73.6 Å². The van der Waals surface area contributed by atoms with Gasteiger partial charge in [-0.25, -0.2) is 0 Å². The van der Waals surface area contributed by atoms with Crippen molar-refractivity contribution in [2.24, 2.45) is 23.7 Å². The molecule has 0 radical (unpaired) electrons. The minimum atomic E-state index is -0.840. The lowest BCUT2D eigenvalue weighted by molar-refractivity contribution is -0.169. The van der Waals surface area contributed by atoms with Crippen LogP contribution in [0.3, 0.4) is 0 Å². The molecule has 1 aliphatic heterocycles. The Labute approximate surface area is 158 Å². The van der Waals surface area contributed by atoms with Crippen molar-refractivity contribution in [3.63, 3.8) is 0 Å². The Kier molecular flexibility index (Phi) is 5.31. The number of hydrogen-bond acceptors (Lipinski definition) is 4. The van der Waals surface area contributed by atoms with Gasteiger partial charge in [0, 0.05) is 19.3 Å². The van der Waals surface area contributed by atoms with Gasteiger partial charge in [-0.2, -0.15) is 0 Å². The van der Waals surface area contributed by atoms with E-state index in [-0.39, 0.29) is 35.6 Å². The number of allylic oxidation sites excluding steroid dienone is 2. The van der Waals surface area contributed by atoms with Gasteiger partial charge in [-0.1, -0.05) is 25.5 Å². The molecule has 26 heavy (non-hydrogen) atoms. The lowest BCUT2D eigenvalue weighted by Gasteiger charge is -2.50. The average molecular weight is 365 g/mol. The van der Waals surface area contributed by atoms with E-state index in [0.29, 0.717) is 18.3 Å². The van der Waals surface area contributed by atoms with E-state index in [4.69, 9.17) is 9.47 Å². The van der Waals surface area contributed by atoms with Crippen molar-refractivity contribution >= 4 is 5.97 Å². The van der Waals surface area contributed by atoms with Crippen LogP contribution in [0.5, 0.6) is 0 Å². The van der Waals surface area contributed by atoms with Gasteiger partial charge in [0.1, 0.15) is 6.10 Å². The molecular formula is C22H36O4. The first-order valence-corrected chi connectivity index (χ1v) is 10.3. The SMILES string of the molecule is CC(=O)O[C@@H]1C[C@]2(C)O[C@H]2CC/C(C)=C\[C@H]2[C@@H]1[C@](C)(O)CC[C@@H]2C(C)C. The third-order valence-corrected chi connectivity index (χ3v) is 7.10. The Morgan fingerprint density at radius 1 is 1.35 bits per heavy atom. The van der Waals surface area contributed by atoms with Gasteiger partial charge in [-0.15, -0.1) is 0 Å². The molecule has 1 saturated heterocycles. The van der Waals surface area contributed by atoms with Gasteiger partial charge in [0.05, 0.1) is 17.3 Å². The van der Waals surface area contributed by atoms with Crippen LogP contribution in [0, 0.1) is 23.7 Å². The number of aliphatic hydroxyl groups is 1. The topological polar surface area (TPSA) is 59.1 Å². The van der Waals surface area contributed by atoms with E-state index in [1.54, 1.807) is 0 Å². The lowest BCUT2D eigenvalue weighted by Crippen LogP contribution is -2.54. The number of fused-ring (bicyclic) bond motifs is 2. The molecule has 148 valence electrons. The molecule has 3 rings (SSSR count). The summed E-state index contributed by atoms with van der Waals surface area (Å²) in [5.41, 5.74) is 0.292. The van der Waals surface area contributed by atoms with Crippen molar-refractivity contribution in [1.29, 1.82) is 0 Å². The molecule has 7 atom stereocenters. The quantitative estimate of drug-likeness (QED) is 0.452. The summed E-state index contributed by atoms with van der Waals surface area (Å²) in [4.78, 5) is 11.9. The van der Waals surface area contributed by atoms with Gasteiger partial charge < -0.3 is 14.6 Å². The van der Waals surface area contributed by atoms with Gasteiger partial charge in [-0.05, 0) is 64.2 Å². The first kappa shape index (κ1) is 19.9. The first-order valence-electron chi connectivity index (χ1n) is 10.3. The molecule has 0 aromatic heterocycles. The molecule has 1 saturated carbocycles. The molecule has 3 aliphatic rings. The van der Waals surface area contributed by atoms with Crippen molar-refractivity contribution in [2.75, 3.05) is 0 Å². The Bertz CT molecular complexity index is 579. The lowest BCUT2D eigenvalue weighted by atomic mass is 9.59. The zero-order chi connectivity index (χ0) is 19.3. The van der Waals surface area contributed by atoms with Crippen molar-refractivity contribution in [2.45, 2.75) is 97.1 Å². The highest BCUT2D eigenvalue weighted by Crippen LogP contribution is 2.52. The van der Waals surface area contributed by atoms with Gasteiger partial charge >= 0.3 is 5.97 Å². The summed E-state index contributed by atoms with van der Waals surface area (Å²) in [6.45, 7) is 12.3. The van der Waals surface area contributed by atoms with Gasteiger partial charge in [0.2, 0.25) is 0 Å². The maximum atomic E-state index is 11.9. The first-order chi connectivity index (χ1) is 12.0. The Hall–Kier alpha value is -0.870. The van der Waals surface area contributed by atoms with Crippen LogP contribution in [0.4, 0.5) is 0 Å². The molecule has 0 aromatic rings. The largest absolute Gasteiger partial charge is 0.462 e. The van der Waals surface area contributed by atoms with Crippen LogP contribution in [-0.2, 0) is 14.3 Å². The average Bonchev–Trinajstić information content (AvgIpc) is 3.12. The molecule has 4 nitrogen and oxygen atoms in total. The van der Waals surface area contributed by atoms with E-state index in [2.05, 4.69) is 33.8 Å². The van der Waals surface area contributed by atoms with Gasteiger partial charge in [-0.3, -0.25) is 4.79 Å². The second-order valence-corrected chi connectivity index (χ2v) is 9.73. The van der Waals surface area contributed by atoms with Crippen molar-refractivity contribution < 1.29 is 19.4 Å². The van der Waals surface area contributed by atoms with E-state index in [1.807, 2.05) is 6.92 Å². The molecule has 0 amide bonds. The van der Waals surface area contributed by atoms with Crippen molar-refractivity contribution in [3.8, 4) is 0 Å². The van der Waals surface area contributed by atoms with Gasteiger partial charge in [0.15, 0.2) is 0 Å². The third-order valence-electron chi connectivity index (χ3n) is 7.10. The normalized spacial score (nSPS) is 48.0. The summed E-state index contributed by atoms with van der Waals surface area (Å²) >= 11 is 0. The molecule has 1 N–H and O–H groups in total. The van der Waals surface area contributed by atoms with E-state index in [1.165, 1.54) is 12.5 Å². The Morgan fingerprint density at radius 3 is 2.65 bits per heavy atom. The number of hydrogen-bond donors (Lipinski definition) is 1.